The van der Waals surface area contributed by atoms with Crippen LogP contribution in [0.4, 0.5) is 0 Å². The average molecular weight is 431 g/mol. The molecule has 2 aliphatic heterocycles. The summed E-state index contributed by atoms with van der Waals surface area (Å²) >= 11 is 1.42. The summed E-state index contributed by atoms with van der Waals surface area (Å²) < 4.78 is 10.6. The molecule has 30 heavy (non-hydrogen) atoms. The summed E-state index contributed by atoms with van der Waals surface area (Å²) in [6.07, 6.45) is 0.670. The summed E-state index contributed by atoms with van der Waals surface area (Å²) in [6, 6.07) is 6.18. The Labute approximate surface area is 180 Å². The number of fused-ring (bicyclic) bond motifs is 1. The van der Waals surface area contributed by atoms with Gasteiger partial charge in [-0.2, -0.15) is 0 Å². The zero-order valence-corrected chi connectivity index (χ0v) is 18.6. The minimum atomic E-state index is -0.639. The zero-order valence-electron chi connectivity index (χ0n) is 17.8. The molecule has 1 saturated heterocycles. The number of thioether (sulfide) groups is 1. The van der Waals surface area contributed by atoms with Crippen molar-refractivity contribution < 1.29 is 23.9 Å². The Balaban J connectivity index is 2.03. The van der Waals surface area contributed by atoms with E-state index >= 15 is 0 Å². The number of amidine groups is 1. The number of hydrogen-bond acceptors (Lipinski definition) is 7. The van der Waals surface area contributed by atoms with E-state index in [0.29, 0.717) is 28.6 Å². The summed E-state index contributed by atoms with van der Waals surface area (Å²) in [7, 11) is 0. The van der Waals surface area contributed by atoms with Gasteiger partial charge in [0, 0.05) is 6.92 Å². The number of benzene rings is 1. The first-order chi connectivity index (χ1) is 14.2. The van der Waals surface area contributed by atoms with Crippen LogP contribution < -0.4 is 4.74 Å². The van der Waals surface area contributed by atoms with Gasteiger partial charge in [-0.05, 0) is 37.0 Å². The number of esters is 2. The number of amides is 1. The van der Waals surface area contributed by atoms with Crippen LogP contribution in [0.5, 0.6) is 5.75 Å². The molecule has 0 spiro atoms. The van der Waals surface area contributed by atoms with Crippen LogP contribution in [-0.4, -0.2) is 39.8 Å². The smallest absolute Gasteiger partial charge is 0.338 e. The number of aliphatic imine (C=N–C) groups is 1. The first kappa shape index (κ1) is 22.1. The highest BCUT2D eigenvalue weighted by Crippen LogP contribution is 2.44. The molecule has 0 unspecified atom stereocenters. The standard InChI is InChI=1S/C22H26N2O5S/c1-6-17-20(26)24-19(15-7-9-16(10-8-15)29-14(5)25)18(13(4)23-22(24)30-17)21(27)28-11-12(2)3/h7-10,12,17,19H,6,11H2,1-5H3/t17-,19-/m1/s1. The second-order valence-corrected chi connectivity index (χ2v) is 8.84. The number of nitrogens with zero attached hydrogens (tertiary/aromatic N) is 2. The molecule has 0 radical (unpaired) electrons. The van der Waals surface area contributed by atoms with Crippen molar-refractivity contribution in [3.63, 3.8) is 0 Å². The molecule has 1 aromatic rings. The maximum absolute atomic E-state index is 13.1. The number of carbonyl (C=O) groups is 3. The summed E-state index contributed by atoms with van der Waals surface area (Å²) in [4.78, 5) is 43.4. The van der Waals surface area contributed by atoms with Crippen molar-refractivity contribution in [2.45, 2.75) is 52.3 Å². The van der Waals surface area contributed by atoms with Crippen molar-refractivity contribution in [3.8, 4) is 5.75 Å². The van der Waals surface area contributed by atoms with E-state index in [0.717, 1.165) is 5.56 Å². The van der Waals surface area contributed by atoms with Crippen molar-refractivity contribution in [1.29, 1.82) is 0 Å². The molecule has 0 aromatic heterocycles. The third kappa shape index (κ3) is 4.43. The van der Waals surface area contributed by atoms with Crippen LogP contribution in [0.15, 0.2) is 40.5 Å². The van der Waals surface area contributed by atoms with Gasteiger partial charge < -0.3 is 9.47 Å². The van der Waals surface area contributed by atoms with Gasteiger partial charge in [0.05, 0.1) is 29.2 Å². The zero-order chi connectivity index (χ0) is 22.0. The van der Waals surface area contributed by atoms with E-state index in [1.165, 1.54) is 18.7 Å². The SMILES string of the molecule is CC[C@H]1SC2=NC(C)=C(C(=O)OCC(C)C)[C@@H](c3ccc(OC(C)=O)cc3)N2C1=O. The Bertz CT molecular complexity index is 920. The van der Waals surface area contributed by atoms with Crippen LogP contribution in [0.25, 0.3) is 0 Å². The third-order valence-electron chi connectivity index (χ3n) is 4.75. The quantitative estimate of drug-likeness (QED) is 0.503. The number of ether oxygens (including phenoxy) is 2. The molecule has 2 atom stereocenters. The highest BCUT2D eigenvalue weighted by molar-refractivity contribution is 8.15. The Morgan fingerprint density at radius 3 is 2.47 bits per heavy atom. The summed E-state index contributed by atoms with van der Waals surface area (Å²) in [6.45, 7) is 9.26. The maximum atomic E-state index is 13.1. The Kier molecular flexibility index (Phi) is 6.65. The fourth-order valence-corrected chi connectivity index (χ4v) is 4.50. The molecule has 0 bridgehead atoms. The Morgan fingerprint density at radius 2 is 1.90 bits per heavy atom. The second kappa shape index (κ2) is 9.04. The molecule has 2 heterocycles. The Hall–Kier alpha value is -2.61. The van der Waals surface area contributed by atoms with Gasteiger partial charge in [-0.15, -0.1) is 0 Å². The van der Waals surface area contributed by atoms with E-state index < -0.39 is 18.0 Å². The fraction of sp³-hybridized carbons (Fsp3) is 0.455. The number of carbonyl (C=O) groups excluding carboxylic acids is 3. The van der Waals surface area contributed by atoms with Gasteiger partial charge in [-0.1, -0.05) is 44.7 Å². The molecule has 2 aliphatic rings. The first-order valence-electron chi connectivity index (χ1n) is 9.97. The lowest BCUT2D eigenvalue weighted by atomic mass is 9.94. The largest absolute Gasteiger partial charge is 0.462 e. The van der Waals surface area contributed by atoms with Gasteiger partial charge in [0.15, 0.2) is 5.17 Å². The highest BCUT2D eigenvalue weighted by Gasteiger charge is 2.47. The second-order valence-electron chi connectivity index (χ2n) is 7.67. The van der Waals surface area contributed by atoms with Gasteiger partial charge in [0.2, 0.25) is 5.91 Å². The normalized spacial score (nSPS) is 20.9. The van der Waals surface area contributed by atoms with E-state index in [2.05, 4.69) is 4.99 Å². The van der Waals surface area contributed by atoms with Crippen molar-refractivity contribution in [2.75, 3.05) is 6.61 Å². The van der Waals surface area contributed by atoms with E-state index in [1.54, 1.807) is 36.1 Å². The molecule has 1 fully saturated rings. The minimum absolute atomic E-state index is 0.0722. The van der Waals surface area contributed by atoms with E-state index in [-0.39, 0.29) is 23.7 Å². The molecule has 1 amide bonds. The van der Waals surface area contributed by atoms with Gasteiger partial charge in [-0.3, -0.25) is 14.5 Å². The van der Waals surface area contributed by atoms with Crippen molar-refractivity contribution in [2.24, 2.45) is 10.9 Å². The lowest BCUT2D eigenvalue weighted by molar-refractivity contribution is -0.141. The van der Waals surface area contributed by atoms with Gasteiger partial charge in [0.1, 0.15) is 5.75 Å². The van der Waals surface area contributed by atoms with Crippen LogP contribution >= 0.6 is 11.8 Å². The van der Waals surface area contributed by atoms with Crippen molar-refractivity contribution in [3.05, 3.63) is 41.1 Å². The molecular weight excluding hydrogens is 404 g/mol. The predicted molar refractivity (Wildman–Crippen MR) is 115 cm³/mol. The van der Waals surface area contributed by atoms with Crippen molar-refractivity contribution in [1.82, 2.24) is 4.90 Å². The first-order valence-corrected chi connectivity index (χ1v) is 10.9. The average Bonchev–Trinajstić information content (AvgIpc) is 3.00. The van der Waals surface area contributed by atoms with Crippen LogP contribution in [0.1, 0.15) is 52.6 Å². The van der Waals surface area contributed by atoms with Crippen molar-refractivity contribution >= 4 is 34.8 Å². The molecular formula is C22H26N2O5S. The van der Waals surface area contributed by atoms with Gasteiger partial charge in [0.25, 0.3) is 0 Å². The summed E-state index contributed by atoms with van der Waals surface area (Å²) in [5, 5.41) is 0.365. The predicted octanol–water partition coefficient (Wildman–Crippen LogP) is 3.85. The summed E-state index contributed by atoms with van der Waals surface area (Å²) in [5.41, 5.74) is 1.62. The fourth-order valence-electron chi connectivity index (χ4n) is 3.37. The molecule has 0 aliphatic carbocycles. The number of rotatable bonds is 6. The van der Waals surface area contributed by atoms with Crippen LogP contribution in [0, 0.1) is 5.92 Å². The molecule has 160 valence electrons. The molecule has 3 rings (SSSR count). The number of allylic oxidation sites excluding steroid dienone is 1. The van der Waals surface area contributed by atoms with Crippen LogP contribution in [0.2, 0.25) is 0 Å². The van der Waals surface area contributed by atoms with E-state index in [1.807, 2.05) is 20.8 Å². The van der Waals surface area contributed by atoms with Crippen LogP contribution in [0.3, 0.4) is 0 Å². The maximum Gasteiger partial charge on any atom is 0.338 e. The van der Waals surface area contributed by atoms with E-state index in [4.69, 9.17) is 9.47 Å². The molecule has 0 saturated carbocycles. The summed E-state index contributed by atoms with van der Waals surface area (Å²) in [5.74, 6) is -0.380. The molecule has 7 nitrogen and oxygen atoms in total. The number of hydrogen-bond donors (Lipinski definition) is 0. The van der Waals surface area contributed by atoms with E-state index in [9.17, 15) is 14.4 Å². The minimum Gasteiger partial charge on any atom is -0.462 e. The monoisotopic (exact) mass is 430 g/mol. The Morgan fingerprint density at radius 1 is 1.23 bits per heavy atom. The topological polar surface area (TPSA) is 85.3 Å². The third-order valence-corrected chi connectivity index (χ3v) is 6.07. The van der Waals surface area contributed by atoms with Gasteiger partial charge in [-0.25, -0.2) is 9.79 Å². The molecule has 0 N–H and O–H groups in total. The molecule has 1 aromatic carbocycles. The van der Waals surface area contributed by atoms with Crippen LogP contribution in [-0.2, 0) is 19.1 Å². The lowest BCUT2D eigenvalue weighted by Crippen LogP contribution is -2.40. The highest BCUT2D eigenvalue weighted by atomic mass is 32.2. The molecule has 8 heteroatoms. The van der Waals surface area contributed by atoms with Gasteiger partial charge >= 0.3 is 11.9 Å². The lowest BCUT2D eigenvalue weighted by Gasteiger charge is -2.33.